The highest BCUT2D eigenvalue weighted by atomic mass is 16.4. The molecule has 0 saturated carbocycles. The zero-order valence-electron chi connectivity index (χ0n) is 11.0. The Kier molecular flexibility index (Phi) is 3.36. The molecule has 1 aliphatic rings. The van der Waals surface area contributed by atoms with Gasteiger partial charge in [-0.2, -0.15) is 0 Å². The number of nitrogens with zero attached hydrogens (tertiary/aromatic N) is 3. The highest BCUT2D eigenvalue weighted by Crippen LogP contribution is 2.16. The van der Waals surface area contributed by atoms with Crippen LogP contribution in [0.15, 0.2) is 30.5 Å². The highest BCUT2D eigenvalue weighted by Gasteiger charge is 2.22. The van der Waals surface area contributed by atoms with Crippen molar-refractivity contribution in [3.8, 4) is 0 Å². The fraction of sp³-hybridized carbons (Fsp3) is 0.231. The van der Waals surface area contributed by atoms with E-state index in [0.29, 0.717) is 0 Å². The Morgan fingerprint density at radius 1 is 1.33 bits per heavy atom. The average Bonchev–Trinajstić information content (AvgIpc) is 2.86. The first-order chi connectivity index (χ1) is 10.1. The Bertz CT molecular complexity index is 693. The summed E-state index contributed by atoms with van der Waals surface area (Å²) >= 11 is 0. The van der Waals surface area contributed by atoms with E-state index >= 15 is 0 Å². The average molecular weight is 287 g/mol. The van der Waals surface area contributed by atoms with E-state index in [4.69, 9.17) is 5.11 Å². The highest BCUT2D eigenvalue weighted by molar-refractivity contribution is 6.06. The zero-order valence-corrected chi connectivity index (χ0v) is 11.0. The van der Waals surface area contributed by atoms with Gasteiger partial charge in [-0.1, -0.05) is 17.3 Å². The van der Waals surface area contributed by atoms with Crippen molar-refractivity contribution in [2.45, 2.75) is 6.04 Å². The van der Waals surface area contributed by atoms with Gasteiger partial charge >= 0.3 is 5.97 Å². The van der Waals surface area contributed by atoms with Crippen molar-refractivity contribution in [2.75, 3.05) is 18.4 Å². The lowest BCUT2D eigenvalue weighted by molar-refractivity contribution is 0.0698. The molecule has 2 aromatic rings. The van der Waals surface area contributed by atoms with Crippen molar-refractivity contribution < 1.29 is 14.7 Å². The largest absolute Gasteiger partial charge is 0.478 e. The summed E-state index contributed by atoms with van der Waals surface area (Å²) in [5.74, 6) is -1.59. The van der Waals surface area contributed by atoms with Crippen molar-refractivity contribution in [1.82, 2.24) is 20.3 Å². The van der Waals surface area contributed by atoms with E-state index < -0.39 is 11.9 Å². The van der Waals surface area contributed by atoms with Crippen LogP contribution >= 0.6 is 0 Å². The number of nitrogens with one attached hydrogen (secondary N) is 2. The molecule has 1 aromatic heterocycles. The lowest BCUT2D eigenvalue weighted by Crippen LogP contribution is -2.43. The number of carbonyl (C=O) groups excluding carboxylic acids is 1. The third kappa shape index (κ3) is 2.61. The van der Waals surface area contributed by atoms with E-state index in [-0.39, 0.29) is 23.0 Å². The summed E-state index contributed by atoms with van der Waals surface area (Å²) < 4.78 is 1.63. The van der Waals surface area contributed by atoms with Crippen LogP contribution in [0, 0.1) is 0 Å². The molecule has 8 nitrogen and oxygen atoms in total. The number of anilines is 1. The fourth-order valence-electron chi connectivity index (χ4n) is 1.98. The number of carboxylic acids is 1. The molecule has 0 atom stereocenters. The zero-order chi connectivity index (χ0) is 14.8. The van der Waals surface area contributed by atoms with Gasteiger partial charge in [-0.25, -0.2) is 9.48 Å². The number of amides is 1. The molecule has 3 N–H and O–H groups in total. The summed E-state index contributed by atoms with van der Waals surface area (Å²) in [6, 6.07) is 6.42. The molecular formula is C13H13N5O3. The fourth-order valence-corrected chi connectivity index (χ4v) is 1.98. The minimum Gasteiger partial charge on any atom is -0.478 e. The Labute approximate surface area is 119 Å². The molecule has 0 spiro atoms. The van der Waals surface area contributed by atoms with Crippen molar-refractivity contribution in [3.05, 3.63) is 41.7 Å². The van der Waals surface area contributed by atoms with Crippen LogP contribution in [-0.4, -0.2) is 45.1 Å². The number of benzene rings is 1. The molecule has 0 bridgehead atoms. The second-order valence-corrected chi connectivity index (χ2v) is 4.70. The molecule has 1 aromatic carbocycles. The van der Waals surface area contributed by atoms with Gasteiger partial charge in [0, 0.05) is 13.1 Å². The lowest BCUT2D eigenvalue weighted by atomic mass is 10.1. The van der Waals surface area contributed by atoms with Gasteiger partial charge in [0.25, 0.3) is 5.91 Å². The minimum absolute atomic E-state index is 0.0291. The van der Waals surface area contributed by atoms with Gasteiger partial charge in [0.05, 0.1) is 23.5 Å². The Balaban J connectivity index is 1.77. The van der Waals surface area contributed by atoms with E-state index in [9.17, 15) is 9.59 Å². The molecule has 108 valence electrons. The number of carboxylic acid groups (broad SMARTS) is 1. The molecule has 1 aliphatic heterocycles. The molecule has 2 heterocycles. The third-order valence-corrected chi connectivity index (χ3v) is 3.28. The van der Waals surface area contributed by atoms with E-state index in [2.05, 4.69) is 20.9 Å². The number of para-hydroxylation sites is 1. The summed E-state index contributed by atoms with van der Waals surface area (Å²) in [6.07, 6.45) is 1.56. The number of aromatic carboxylic acids is 1. The van der Waals surface area contributed by atoms with Crippen molar-refractivity contribution in [3.63, 3.8) is 0 Å². The van der Waals surface area contributed by atoms with E-state index in [1.807, 2.05) is 0 Å². The van der Waals surface area contributed by atoms with E-state index in [0.717, 1.165) is 13.1 Å². The molecule has 0 aliphatic carbocycles. The molecule has 1 fully saturated rings. The van der Waals surface area contributed by atoms with Crippen LogP contribution < -0.4 is 10.6 Å². The number of aromatic nitrogens is 3. The smallest absolute Gasteiger partial charge is 0.337 e. The van der Waals surface area contributed by atoms with Crippen molar-refractivity contribution in [2.24, 2.45) is 0 Å². The number of rotatable bonds is 4. The lowest BCUT2D eigenvalue weighted by Gasteiger charge is -2.26. The second-order valence-electron chi connectivity index (χ2n) is 4.70. The molecule has 3 rings (SSSR count). The summed E-state index contributed by atoms with van der Waals surface area (Å²) in [6.45, 7) is 1.60. The summed E-state index contributed by atoms with van der Waals surface area (Å²) in [4.78, 5) is 23.2. The first-order valence-corrected chi connectivity index (χ1v) is 6.41. The van der Waals surface area contributed by atoms with E-state index in [1.165, 1.54) is 12.1 Å². The molecule has 21 heavy (non-hydrogen) atoms. The molecule has 0 radical (unpaired) electrons. The van der Waals surface area contributed by atoms with Crippen LogP contribution in [0.4, 0.5) is 5.69 Å². The predicted octanol–water partition coefficient (Wildman–Crippen LogP) is 0.373. The maximum absolute atomic E-state index is 12.1. The van der Waals surface area contributed by atoms with Crippen molar-refractivity contribution in [1.29, 1.82) is 0 Å². The topological polar surface area (TPSA) is 109 Å². The van der Waals surface area contributed by atoms with Gasteiger partial charge in [0.2, 0.25) is 0 Å². The van der Waals surface area contributed by atoms with Gasteiger partial charge in [0.1, 0.15) is 0 Å². The summed E-state index contributed by atoms with van der Waals surface area (Å²) in [5.41, 5.74) is 0.415. The van der Waals surface area contributed by atoms with Crippen LogP contribution in [0.2, 0.25) is 0 Å². The van der Waals surface area contributed by atoms with Crippen LogP contribution in [0.1, 0.15) is 26.9 Å². The van der Waals surface area contributed by atoms with Crippen LogP contribution in [0.5, 0.6) is 0 Å². The number of carbonyl (C=O) groups is 2. The number of hydrogen-bond acceptors (Lipinski definition) is 5. The van der Waals surface area contributed by atoms with Crippen LogP contribution in [0.25, 0.3) is 0 Å². The van der Waals surface area contributed by atoms with Gasteiger partial charge in [-0.3, -0.25) is 4.79 Å². The molecular weight excluding hydrogens is 274 g/mol. The standard InChI is InChI=1S/C13H13N5O3/c19-12(11-7-18(17-16-11)8-5-14-6-8)15-10-4-2-1-3-9(10)13(20)21/h1-4,7-8,14H,5-6H2,(H,15,19)(H,20,21). The first kappa shape index (κ1) is 13.3. The predicted molar refractivity (Wildman–Crippen MR) is 73.3 cm³/mol. The Morgan fingerprint density at radius 3 is 2.76 bits per heavy atom. The third-order valence-electron chi connectivity index (χ3n) is 3.28. The van der Waals surface area contributed by atoms with Gasteiger partial charge in [0.15, 0.2) is 5.69 Å². The SMILES string of the molecule is O=C(Nc1ccccc1C(=O)O)c1cn(C2CNC2)nn1. The Morgan fingerprint density at radius 2 is 2.10 bits per heavy atom. The van der Waals surface area contributed by atoms with E-state index in [1.54, 1.807) is 23.0 Å². The number of hydrogen-bond donors (Lipinski definition) is 3. The summed E-state index contributed by atoms with van der Waals surface area (Å²) in [5, 5.41) is 22.4. The normalized spacial score (nSPS) is 14.5. The van der Waals surface area contributed by atoms with Gasteiger partial charge < -0.3 is 15.7 Å². The van der Waals surface area contributed by atoms with Crippen LogP contribution in [-0.2, 0) is 0 Å². The quantitative estimate of drug-likeness (QED) is 0.749. The van der Waals surface area contributed by atoms with Gasteiger partial charge in [-0.15, -0.1) is 5.10 Å². The van der Waals surface area contributed by atoms with Gasteiger partial charge in [-0.05, 0) is 12.1 Å². The Hall–Kier alpha value is -2.74. The molecule has 1 amide bonds. The monoisotopic (exact) mass is 287 g/mol. The van der Waals surface area contributed by atoms with Crippen molar-refractivity contribution >= 4 is 17.6 Å². The molecule has 0 unspecified atom stereocenters. The maximum atomic E-state index is 12.1. The second kappa shape index (κ2) is 5.33. The van der Waals surface area contributed by atoms with Crippen LogP contribution in [0.3, 0.4) is 0 Å². The summed E-state index contributed by atoms with van der Waals surface area (Å²) in [7, 11) is 0. The molecule has 1 saturated heterocycles. The maximum Gasteiger partial charge on any atom is 0.337 e. The molecule has 8 heteroatoms. The first-order valence-electron chi connectivity index (χ1n) is 6.41. The minimum atomic E-state index is -1.10.